The number of benzene rings is 1. The molecule has 8 nitrogen and oxygen atoms in total. The summed E-state index contributed by atoms with van der Waals surface area (Å²) in [6.45, 7) is 5.44. The first kappa shape index (κ1) is 20.6. The van der Waals surface area contributed by atoms with Gasteiger partial charge in [0, 0.05) is 24.6 Å². The number of rotatable bonds is 6. The summed E-state index contributed by atoms with van der Waals surface area (Å²) in [4.78, 5) is 20.0. The van der Waals surface area contributed by atoms with Crippen molar-refractivity contribution in [3.05, 3.63) is 40.7 Å². The highest BCUT2D eigenvalue weighted by atomic mass is 35.5. The highest BCUT2D eigenvalue weighted by Gasteiger charge is 2.29. The Morgan fingerprint density at radius 1 is 1.30 bits per heavy atom. The Morgan fingerprint density at radius 2 is 2.13 bits per heavy atom. The monoisotopic (exact) mass is 427 g/mol. The number of fused-ring (bicyclic) bond motifs is 1. The first-order chi connectivity index (χ1) is 14.5. The maximum absolute atomic E-state index is 6.47. The van der Waals surface area contributed by atoms with Crippen LogP contribution in [0.1, 0.15) is 37.2 Å². The maximum Gasteiger partial charge on any atom is 0.228 e. The fourth-order valence-electron chi connectivity index (χ4n) is 4.04. The second-order valence-corrected chi connectivity index (χ2v) is 8.00. The van der Waals surface area contributed by atoms with Crippen LogP contribution in [-0.4, -0.2) is 46.2 Å². The summed E-state index contributed by atoms with van der Waals surface area (Å²) in [6, 6.07) is 8.14. The van der Waals surface area contributed by atoms with E-state index < -0.39 is 0 Å². The second kappa shape index (κ2) is 8.57. The molecular formula is C21H26ClN7O. The minimum absolute atomic E-state index is 0.110. The van der Waals surface area contributed by atoms with Crippen molar-refractivity contribution >= 4 is 40.2 Å². The molecule has 4 rings (SSSR count). The van der Waals surface area contributed by atoms with E-state index in [0.29, 0.717) is 23.4 Å². The molecule has 9 heteroatoms. The number of halogens is 1. The molecule has 158 valence electrons. The molecule has 0 unspecified atom stereocenters. The average molecular weight is 428 g/mol. The van der Waals surface area contributed by atoms with E-state index >= 15 is 0 Å². The number of anilines is 3. The van der Waals surface area contributed by atoms with E-state index in [1.165, 1.54) is 0 Å². The Morgan fingerprint density at radius 3 is 2.90 bits per heavy atom. The molecule has 1 aliphatic rings. The molecule has 0 bridgehead atoms. The van der Waals surface area contributed by atoms with Gasteiger partial charge in [-0.05, 0) is 38.8 Å². The molecule has 1 fully saturated rings. The highest BCUT2D eigenvalue weighted by molar-refractivity contribution is 6.35. The molecule has 0 spiro atoms. The molecule has 1 aliphatic heterocycles. The molecule has 0 saturated carbocycles. The fraction of sp³-hybridized carbons (Fsp3) is 0.429. The largest absolute Gasteiger partial charge is 0.383 e. The van der Waals surface area contributed by atoms with Crippen molar-refractivity contribution in [1.29, 1.82) is 0 Å². The van der Waals surface area contributed by atoms with Gasteiger partial charge in [-0.2, -0.15) is 15.0 Å². The number of hydrogen-bond donors (Lipinski definition) is 2. The van der Waals surface area contributed by atoms with Gasteiger partial charge < -0.3 is 20.7 Å². The van der Waals surface area contributed by atoms with Crippen molar-refractivity contribution in [3.8, 4) is 0 Å². The van der Waals surface area contributed by atoms with E-state index in [1.807, 2.05) is 18.2 Å². The lowest BCUT2D eigenvalue weighted by Crippen LogP contribution is -2.34. The standard InChI is InChI=1S/C21H26ClN7O/c1-12(24-21-26-13(2)25-20(23)28-21)16-10-14-6-4-8-17(22)18(14)27-19(16)29-9-5-7-15(29)11-30-3/h4,6,8,10,12,15H,5,7,9,11H2,1-3H3,(H3,23,24,25,26,28)/t12-,15-/m0/s1. The van der Waals surface area contributed by atoms with E-state index in [0.717, 1.165) is 41.7 Å². The SMILES string of the molecule is COC[C@@H]1CCCN1c1nc2c(Cl)cccc2cc1[C@H](C)Nc1nc(C)nc(N)n1. The highest BCUT2D eigenvalue weighted by Crippen LogP contribution is 2.35. The number of nitrogens with one attached hydrogen (secondary N) is 1. The Labute approximate surface area is 180 Å². The quantitative estimate of drug-likeness (QED) is 0.613. The number of aryl methyl sites for hydroxylation is 1. The van der Waals surface area contributed by atoms with Crippen LogP contribution in [0.25, 0.3) is 10.9 Å². The topological polar surface area (TPSA) is 102 Å². The van der Waals surface area contributed by atoms with Crippen LogP contribution >= 0.6 is 11.6 Å². The predicted molar refractivity (Wildman–Crippen MR) is 120 cm³/mol. The molecule has 1 aromatic carbocycles. The van der Waals surface area contributed by atoms with E-state index in [2.05, 4.69) is 38.2 Å². The van der Waals surface area contributed by atoms with Crippen LogP contribution in [-0.2, 0) is 4.74 Å². The Hall–Kier alpha value is -2.71. The lowest BCUT2D eigenvalue weighted by Gasteiger charge is -2.29. The molecule has 3 heterocycles. The second-order valence-electron chi connectivity index (χ2n) is 7.59. The molecular weight excluding hydrogens is 402 g/mol. The maximum atomic E-state index is 6.47. The van der Waals surface area contributed by atoms with Gasteiger partial charge in [-0.3, -0.25) is 0 Å². The summed E-state index contributed by atoms with van der Waals surface area (Å²) in [7, 11) is 1.74. The predicted octanol–water partition coefficient (Wildman–Crippen LogP) is 3.75. The normalized spacial score (nSPS) is 17.5. The van der Waals surface area contributed by atoms with E-state index in [1.54, 1.807) is 14.0 Å². The summed E-state index contributed by atoms with van der Waals surface area (Å²) < 4.78 is 5.46. The third kappa shape index (κ3) is 4.11. The number of nitrogen functional groups attached to an aromatic ring is 1. The van der Waals surface area contributed by atoms with Gasteiger partial charge in [0.2, 0.25) is 11.9 Å². The molecule has 0 aliphatic carbocycles. The number of pyridine rings is 1. The van der Waals surface area contributed by atoms with Crippen molar-refractivity contribution in [3.63, 3.8) is 0 Å². The lowest BCUT2D eigenvalue weighted by molar-refractivity contribution is 0.180. The number of nitrogens with zero attached hydrogens (tertiary/aromatic N) is 5. The molecule has 30 heavy (non-hydrogen) atoms. The number of methoxy groups -OCH3 is 1. The van der Waals surface area contributed by atoms with Gasteiger partial charge in [0.1, 0.15) is 11.6 Å². The van der Waals surface area contributed by atoms with Gasteiger partial charge in [-0.25, -0.2) is 4.98 Å². The molecule has 3 aromatic rings. The number of ether oxygens (including phenoxy) is 1. The van der Waals surface area contributed by atoms with Gasteiger partial charge in [0.05, 0.1) is 29.2 Å². The molecule has 1 saturated heterocycles. The van der Waals surface area contributed by atoms with Crippen LogP contribution in [0.2, 0.25) is 5.02 Å². The summed E-state index contributed by atoms with van der Waals surface area (Å²) in [5.41, 5.74) is 7.64. The minimum Gasteiger partial charge on any atom is -0.383 e. The fourth-order valence-corrected chi connectivity index (χ4v) is 4.26. The number of nitrogens with two attached hydrogens (primary N) is 1. The van der Waals surface area contributed by atoms with Crippen molar-refractivity contribution in [2.75, 3.05) is 36.2 Å². The van der Waals surface area contributed by atoms with E-state index in [-0.39, 0.29) is 18.0 Å². The van der Waals surface area contributed by atoms with E-state index in [9.17, 15) is 0 Å². The van der Waals surface area contributed by atoms with Gasteiger partial charge in [0.15, 0.2) is 0 Å². The van der Waals surface area contributed by atoms with Crippen LogP contribution in [0.4, 0.5) is 17.7 Å². The van der Waals surface area contributed by atoms with Crippen molar-refractivity contribution in [1.82, 2.24) is 19.9 Å². The van der Waals surface area contributed by atoms with Crippen LogP contribution in [0.3, 0.4) is 0 Å². The smallest absolute Gasteiger partial charge is 0.228 e. The zero-order valence-corrected chi connectivity index (χ0v) is 18.1. The zero-order chi connectivity index (χ0) is 21.3. The lowest BCUT2D eigenvalue weighted by atomic mass is 10.0. The number of aromatic nitrogens is 4. The van der Waals surface area contributed by atoms with Crippen LogP contribution in [0, 0.1) is 6.92 Å². The number of para-hydroxylation sites is 1. The Balaban J connectivity index is 1.78. The van der Waals surface area contributed by atoms with Gasteiger partial charge in [-0.15, -0.1) is 0 Å². The molecule has 0 amide bonds. The average Bonchev–Trinajstić information content (AvgIpc) is 3.15. The summed E-state index contributed by atoms with van der Waals surface area (Å²) in [5, 5.41) is 4.99. The molecule has 3 N–H and O–H groups in total. The Bertz CT molecular complexity index is 1040. The van der Waals surface area contributed by atoms with Crippen LogP contribution in [0.5, 0.6) is 0 Å². The van der Waals surface area contributed by atoms with Crippen molar-refractivity contribution < 1.29 is 4.74 Å². The minimum atomic E-state index is -0.110. The van der Waals surface area contributed by atoms with Crippen LogP contribution in [0.15, 0.2) is 24.3 Å². The number of hydrogen-bond acceptors (Lipinski definition) is 8. The van der Waals surface area contributed by atoms with E-state index in [4.69, 9.17) is 27.1 Å². The summed E-state index contributed by atoms with van der Waals surface area (Å²) >= 11 is 6.47. The van der Waals surface area contributed by atoms with Gasteiger partial charge >= 0.3 is 0 Å². The van der Waals surface area contributed by atoms with Crippen molar-refractivity contribution in [2.45, 2.75) is 38.8 Å². The Kier molecular flexibility index (Phi) is 5.87. The zero-order valence-electron chi connectivity index (χ0n) is 17.4. The molecule has 2 atom stereocenters. The summed E-state index contributed by atoms with van der Waals surface area (Å²) in [5.74, 6) is 2.12. The van der Waals surface area contributed by atoms with Crippen molar-refractivity contribution in [2.24, 2.45) is 0 Å². The molecule has 2 aromatic heterocycles. The summed E-state index contributed by atoms with van der Waals surface area (Å²) in [6.07, 6.45) is 2.17. The third-order valence-electron chi connectivity index (χ3n) is 5.39. The first-order valence-corrected chi connectivity index (χ1v) is 10.4. The molecule has 0 radical (unpaired) electrons. The first-order valence-electron chi connectivity index (χ1n) is 10.1. The van der Waals surface area contributed by atoms with Gasteiger partial charge in [0.25, 0.3) is 0 Å². The van der Waals surface area contributed by atoms with Crippen LogP contribution < -0.4 is 16.0 Å². The third-order valence-corrected chi connectivity index (χ3v) is 5.69. The van der Waals surface area contributed by atoms with Gasteiger partial charge in [-0.1, -0.05) is 23.7 Å².